The molecule has 1 rings (SSSR count). The molecule has 1 aromatic rings. The predicted molar refractivity (Wildman–Crippen MR) is 78.0 cm³/mol. The van der Waals surface area contributed by atoms with Crippen molar-refractivity contribution in [3.8, 4) is 0 Å². The molecule has 102 valence electrons. The van der Waals surface area contributed by atoms with E-state index in [-0.39, 0.29) is 11.9 Å². The Balaban J connectivity index is 2.95. The van der Waals surface area contributed by atoms with E-state index in [0.717, 1.165) is 18.7 Å². The Kier molecular flexibility index (Phi) is 6.26. The Morgan fingerprint density at radius 3 is 2.50 bits per heavy atom. The minimum atomic E-state index is -0.235. The Hall–Kier alpha value is -0.450. The van der Waals surface area contributed by atoms with Crippen LogP contribution in [0.25, 0.3) is 0 Å². The molecule has 2 N–H and O–H groups in total. The fraction of sp³-hybridized carbons (Fsp3) is 0.571. The van der Waals surface area contributed by atoms with Gasteiger partial charge in [0, 0.05) is 19.1 Å². The molecule has 0 saturated heterocycles. The van der Waals surface area contributed by atoms with Crippen LogP contribution in [0.5, 0.6) is 0 Å². The van der Waals surface area contributed by atoms with Gasteiger partial charge in [0.05, 0.1) is 4.47 Å². The average Bonchev–Trinajstić information content (AvgIpc) is 2.32. The van der Waals surface area contributed by atoms with E-state index in [4.69, 9.17) is 5.73 Å². The minimum absolute atomic E-state index is 0.147. The van der Waals surface area contributed by atoms with Crippen molar-refractivity contribution < 1.29 is 4.39 Å². The van der Waals surface area contributed by atoms with E-state index < -0.39 is 0 Å². The van der Waals surface area contributed by atoms with Crippen LogP contribution in [-0.2, 0) is 0 Å². The highest BCUT2D eigenvalue weighted by atomic mass is 79.9. The number of likely N-dealkylation sites (N-methyl/N-ethyl adjacent to an activating group) is 1. The first-order valence-corrected chi connectivity index (χ1v) is 7.17. The Morgan fingerprint density at radius 2 is 2.06 bits per heavy atom. The van der Waals surface area contributed by atoms with Gasteiger partial charge in [-0.3, -0.25) is 4.90 Å². The van der Waals surface area contributed by atoms with Gasteiger partial charge in [-0.1, -0.05) is 26.8 Å². The van der Waals surface area contributed by atoms with Gasteiger partial charge in [0.2, 0.25) is 0 Å². The maximum atomic E-state index is 13.3. The van der Waals surface area contributed by atoms with Gasteiger partial charge in [0.1, 0.15) is 5.82 Å². The summed E-state index contributed by atoms with van der Waals surface area (Å²) >= 11 is 3.23. The van der Waals surface area contributed by atoms with Gasteiger partial charge < -0.3 is 5.73 Å². The van der Waals surface area contributed by atoms with E-state index in [1.807, 2.05) is 12.1 Å². The largest absolute Gasteiger partial charge is 0.329 e. The summed E-state index contributed by atoms with van der Waals surface area (Å²) in [5, 5.41) is 0. The maximum absolute atomic E-state index is 13.3. The van der Waals surface area contributed by atoms with Crippen LogP contribution in [0.3, 0.4) is 0 Å². The summed E-state index contributed by atoms with van der Waals surface area (Å²) in [4.78, 5) is 2.34. The van der Waals surface area contributed by atoms with Gasteiger partial charge >= 0.3 is 0 Å². The van der Waals surface area contributed by atoms with Gasteiger partial charge in [-0.15, -0.1) is 0 Å². The molecule has 0 radical (unpaired) electrons. The number of nitrogens with two attached hydrogens (primary N) is 1. The summed E-state index contributed by atoms with van der Waals surface area (Å²) in [6, 6.07) is 5.29. The number of halogens is 2. The summed E-state index contributed by atoms with van der Waals surface area (Å²) in [6.07, 6.45) is 0. The summed E-state index contributed by atoms with van der Waals surface area (Å²) in [7, 11) is 0. The SMILES string of the molecule is CCN(CC(C)C)C(CN)c1ccc(F)c(Br)c1. The molecule has 0 heterocycles. The normalized spacial score (nSPS) is 13.3. The third-order valence-electron chi connectivity index (χ3n) is 3.00. The van der Waals surface area contributed by atoms with Gasteiger partial charge in [-0.2, -0.15) is 0 Å². The van der Waals surface area contributed by atoms with Crippen LogP contribution >= 0.6 is 15.9 Å². The smallest absolute Gasteiger partial charge is 0.137 e. The molecule has 0 aliphatic carbocycles. The van der Waals surface area contributed by atoms with Crippen molar-refractivity contribution in [3.63, 3.8) is 0 Å². The highest BCUT2D eigenvalue weighted by Crippen LogP contribution is 2.25. The van der Waals surface area contributed by atoms with Crippen LogP contribution in [0.15, 0.2) is 22.7 Å². The molecule has 0 bridgehead atoms. The predicted octanol–water partition coefficient (Wildman–Crippen LogP) is 3.57. The van der Waals surface area contributed by atoms with E-state index in [0.29, 0.717) is 16.9 Å². The lowest BCUT2D eigenvalue weighted by atomic mass is 10.0. The molecule has 0 fully saturated rings. The third kappa shape index (κ3) is 4.04. The van der Waals surface area contributed by atoms with Crippen LogP contribution in [0.2, 0.25) is 0 Å². The van der Waals surface area contributed by atoms with E-state index >= 15 is 0 Å². The quantitative estimate of drug-likeness (QED) is 0.869. The van der Waals surface area contributed by atoms with Gasteiger partial charge in [-0.25, -0.2) is 4.39 Å². The molecule has 2 nitrogen and oxygen atoms in total. The second-order valence-corrected chi connectivity index (χ2v) is 5.76. The molecule has 0 spiro atoms. The van der Waals surface area contributed by atoms with Crippen molar-refractivity contribution in [2.75, 3.05) is 19.6 Å². The molecule has 1 atom stereocenters. The second-order valence-electron chi connectivity index (χ2n) is 4.91. The second kappa shape index (κ2) is 7.22. The topological polar surface area (TPSA) is 29.3 Å². The third-order valence-corrected chi connectivity index (χ3v) is 3.61. The zero-order chi connectivity index (χ0) is 13.7. The number of hydrogen-bond acceptors (Lipinski definition) is 2. The molecule has 4 heteroatoms. The number of nitrogens with zero attached hydrogens (tertiary/aromatic N) is 1. The van der Waals surface area contributed by atoms with Crippen LogP contribution in [0.4, 0.5) is 4.39 Å². The Labute approximate surface area is 117 Å². The molecule has 0 saturated carbocycles. The van der Waals surface area contributed by atoms with Crippen LogP contribution in [-0.4, -0.2) is 24.5 Å². The molecule has 0 aliphatic rings. The minimum Gasteiger partial charge on any atom is -0.329 e. The van der Waals surface area contributed by atoms with Gasteiger partial charge in [0.15, 0.2) is 0 Å². The fourth-order valence-corrected chi connectivity index (χ4v) is 2.56. The fourth-order valence-electron chi connectivity index (χ4n) is 2.16. The van der Waals surface area contributed by atoms with Crippen molar-refractivity contribution in [1.82, 2.24) is 4.90 Å². The van der Waals surface area contributed by atoms with Crippen molar-refractivity contribution in [2.45, 2.75) is 26.8 Å². The molecule has 1 aromatic carbocycles. The zero-order valence-corrected chi connectivity index (χ0v) is 12.9. The average molecular weight is 317 g/mol. The summed E-state index contributed by atoms with van der Waals surface area (Å²) in [5.41, 5.74) is 6.96. The van der Waals surface area contributed by atoms with Crippen molar-refractivity contribution in [3.05, 3.63) is 34.1 Å². The monoisotopic (exact) mass is 316 g/mol. The number of benzene rings is 1. The first-order chi connectivity index (χ1) is 8.49. The zero-order valence-electron chi connectivity index (χ0n) is 11.3. The molecular formula is C14H22BrFN2. The summed E-state index contributed by atoms with van der Waals surface area (Å²) < 4.78 is 13.8. The Morgan fingerprint density at radius 1 is 1.39 bits per heavy atom. The highest BCUT2D eigenvalue weighted by molar-refractivity contribution is 9.10. The van der Waals surface area contributed by atoms with Gasteiger partial charge in [-0.05, 0) is 46.1 Å². The van der Waals surface area contributed by atoms with Crippen LogP contribution < -0.4 is 5.73 Å². The maximum Gasteiger partial charge on any atom is 0.137 e. The first kappa shape index (κ1) is 15.6. The molecule has 18 heavy (non-hydrogen) atoms. The van der Waals surface area contributed by atoms with Crippen molar-refractivity contribution in [1.29, 1.82) is 0 Å². The standard InChI is InChI=1S/C14H22BrFN2/c1-4-18(9-10(2)3)14(8-17)11-5-6-13(16)12(15)7-11/h5-7,10,14H,4,8-9,17H2,1-3H3. The summed E-state index contributed by atoms with van der Waals surface area (Å²) in [5.74, 6) is 0.351. The Bertz CT molecular complexity index is 382. The number of rotatable bonds is 6. The van der Waals surface area contributed by atoms with Crippen LogP contribution in [0, 0.1) is 11.7 Å². The highest BCUT2D eigenvalue weighted by Gasteiger charge is 2.19. The van der Waals surface area contributed by atoms with E-state index in [1.54, 1.807) is 0 Å². The molecule has 1 unspecified atom stereocenters. The summed E-state index contributed by atoms with van der Waals surface area (Å²) in [6.45, 7) is 8.98. The van der Waals surface area contributed by atoms with E-state index in [2.05, 4.69) is 41.6 Å². The first-order valence-electron chi connectivity index (χ1n) is 6.38. The molecule has 0 aromatic heterocycles. The van der Waals surface area contributed by atoms with E-state index in [9.17, 15) is 4.39 Å². The lowest BCUT2D eigenvalue weighted by molar-refractivity contribution is 0.189. The number of hydrogen-bond donors (Lipinski definition) is 1. The molecule has 0 amide bonds. The van der Waals surface area contributed by atoms with E-state index in [1.165, 1.54) is 6.07 Å². The van der Waals surface area contributed by atoms with Crippen molar-refractivity contribution >= 4 is 15.9 Å². The van der Waals surface area contributed by atoms with Crippen LogP contribution in [0.1, 0.15) is 32.4 Å². The molecular weight excluding hydrogens is 295 g/mol. The lowest BCUT2D eigenvalue weighted by Crippen LogP contribution is -2.36. The van der Waals surface area contributed by atoms with Gasteiger partial charge in [0.25, 0.3) is 0 Å². The van der Waals surface area contributed by atoms with Crippen molar-refractivity contribution in [2.24, 2.45) is 11.7 Å². The lowest BCUT2D eigenvalue weighted by Gasteiger charge is -2.31. The molecule has 0 aliphatic heterocycles.